The fraction of sp³-hybridized carbons (Fsp3) is 0.667. The van der Waals surface area contributed by atoms with Crippen molar-refractivity contribution in [3.05, 3.63) is 23.8 Å². The number of hydrogen-bond acceptors (Lipinski definition) is 4. The third-order valence-corrected chi connectivity index (χ3v) is 4.73. The van der Waals surface area contributed by atoms with Crippen LogP contribution in [-0.4, -0.2) is 35.0 Å². The summed E-state index contributed by atoms with van der Waals surface area (Å²) in [4.78, 5) is 11.7. The maximum atomic E-state index is 11.7. The number of carbonyl (C=O) groups excluding carboxylic acids is 1. The van der Waals surface area contributed by atoms with Crippen LogP contribution in [0.1, 0.15) is 33.1 Å². The molecule has 2 heterocycles. The average Bonchev–Trinajstić information content (AvgIpc) is 2.89. The summed E-state index contributed by atoms with van der Waals surface area (Å²) in [6.45, 7) is 7.79. The van der Waals surface area contributed by atoms with Crippen LogP contribution in [-0.2, 0) is 14.3 Å². The van der Waals surface area contributed by atoms with Gasteiger partial charge in [0, 0.05) is 17.9 Å². The van der Waals surface area contributed by atoms with Crippen molar-refractivity contribution in [1.29, 1.82) is 0 Å². The van der Waals surface area contributed by atoms with Crippen LogP contribution in [0.5, 0.6) is 0 Å². The summed E-state index contributed by atoms with van der Waals surface area (Å²) in [6.07, 6.45) is 3.50. The molecule has 5 atom stereocenters. The Morgan fingerprint density at radius 1 is 1.53 bits per heavy atom. The number of aliphatic hydroxyl groups is 1. The second-order valence-corrected chi connectivity index (χ2v) is 6.12. The molecule has 0 amide bonds. The molecule has 3 aliphatic rings. The molecule has 2 saturated heterocycles. The van der Waals surface area contributed by atoms with Gasteiger partial charge in [-0.3, -0.25) is 0 Å². The van der Waals surface area contributed by atoms with Gasteiger partial charge >= 0.3 is 5.97 Å². The molecule has 0 aromatic heterocycles. The lowest BCUT2D eigenvalue weighted by molar-refractivity contribution is -0.137. The van der Waals surface area contributed by atoms with E-state index in [0.29, 0.717) is 12.0 Å². The van der Waals surface area contributed by atoms with E-state index in [1.165, 1.54) is 0 Å². The first-order valence-corrected chi connectivity index (χ1v) is 6.85. The van der Waals surface area contributed by atoms with E-state index in [4.69, 9.17) is 9.47 Å². The summed E-state index contributed by atoms with van der Waals surface area (Å²) in [5, 5.41) is 10.2. The van der Waals surface area contributed by atoms with E-state index < -0.39 is 6.10 Å². The number of aliphatic hydroxyl groups excluding tert-OH is 1. The van der Waals surface area contributed by atoms with E-state index in [2.05, 4.69) is 13.5 Å². The lowest BCUT2D eigenvalue weighted by Crippen LogP contribution is -2.24. The van der Waals surface area contributed by atoms with E-state index in [1.54, 1.807) is 0 Å². The molecule has 19 heavy (non-hydrogen) atoms. The first-order valence-electron chi connectivity index (χ1n) is 6.85. The van der Waals surface area contributed by atoms with Crippen molar-refractivity contribution in [1.82, 2.24) is 0 Å². The molecule has 3 rings (SSSR count). The van der Waals surface area contributed by atoms with Gasteiger partial charge in [0.1, 0.15) is 6.10 Å². The Hall–Kier alpha value is -1.13. The zero-order valence-corrected chi connectivity index (χ0v) is 11.4. The van der Waals surface area contributed by atoms with Gasteiger partial charge in [0.15, 0.2) is 0 Å². The van der Waals surface area contributed by atoms with Crippen LogP contribution >= 0.6 is 0 Å². The number of rotatable bonds is 0. The molecular weight excluding hydrogens is 244 g/mol. The topological polar surface area (TPSA) is 59.1 Å². The highest BCUT2D eigenvalue weighted by molar-refractivity contribution is 5.91. The fourth-order valence-electron chi connectivity index (χ4n) is 3.13. The zero-order chi connectivity index (χ0) is 13.8. The van der Waals surface area contributed by atoms with Gasteiger partial charge in [-0.15, -0.1) is 0 Å². The van der Waals surface area contributed by atoms with Crippen LogP contribution < -0.4 is 0 Å². The molecule has 0 saturated carbocycles. The molecule has 0 aromatic rings. The molecule has 0 bridgehead atoms. The predicted octanol–water partition coefficient (Wildman–Crippen LogP) is 1.73. The summed E-state index contributed by atoms with van der Waals surface area (Å²) < 4.78 is 11.1. The Morgan fingerprint density at radius 2 is 2.26 bits per heavy atom. The van der Waals surface area contributed by atoms with Crippen molar-refractivity contribution >= 4 is 5.97 Å². The lowest BCUT2D eigenvalue weighted by atomic mass is 9.84. The van der Waals surface area contributed by atoms with Gasteiger partial charge in [0.25, 0.3) is 0 Å². The second kappa shape index (κ2) is 4.18. The minimum absolute atomic E-state index is 0.00873. The summed E-state index contributed by atoms with van der Waals surface area (Å²) in [7, 11) is 0. The summed E-state index contributed by atoms with van der Waals surface area (Å²) >= 11 is 0. The molecule has 4 nitrogen and oxygen atoms in total. The molecule has 0 aromatic carbocycles. The van der Waals surface area contributed by atoms with Crippen molar-refractivity contribution < 1.29 is 19.4 Å². The molecule has 4 heteroatoms. The smallest absolute Gasteiger partial charge is 0.334 e. The molecule has 2 fully saturated rings. The van der Waals surface area contributed by atoms with E-state index in [9.17, 15) is 9.90 Å². The lowest BCUT2D eigenvalue weighted by Gasteiger charge is -2.20. The van der Waals surface area contributed by atoms with E-state index in [1.807, 2.05) is 13.0 Å². The Morgan fingerprint density at radius 3 is 3.00 bits per heavy atom. The number of ether oxygens (including phenoxy) is 2. The maximum Gasteiger partial charge on any atom is 0.334 e. The van der Waals surface area contributed by atoms with Crippen molar-refractivity contribution in [2.45, 2.75) is 57.0 Å². The molecule has 0 radical (unpaired) electrons. The van der Waals surface area contributed by atoms with Gasteiger partial charge in [-0.1, -0.05) is 6.58 Å². The van der Waals surface area contributed by atoms with Crippen molar-refractivity contribution in [2.24, 2.45) is 5.92 Å². The average molecular weight is 264 g/mol. The summed E-state index contributed by atoms with van der Waals surface area (Å²) in [6, 6.07) is 0. The van der Waals surface area contributed by atoms with Gasteiger partial charge in [-0.2, -0.15) is 0 Å². The van der Waals surface area contributed by atoms with Gasteiger partial charge in [0.2, 0.25) is 0 Å². The molecule has 104 valence electrons. The SMILES string of the molecule is C=C1C(=O)O[C@H]2/C=C(/C)[C@@H](O)C[C@H]3O[C@]3(C)CC[C@@H]12. The Labute approximate surface area is 113 Å². The first kappa shape index (κ1) is 12.9. The minimum Gasteiger partial charge on any atom is -0.454 e. The van der Waals surface area contributed by atoms with Gasteiger partial charge in [0.05, 0.1) is 17.8 Å². The molecule has 1 aliphatic carbocycles. The van der Waals surface area contributed by atoms with Crippen LogP contribution in [0, 0.1) is 5.92 Å². The fourth-order valence-corrected chi connectivity index (χ4v) is 3.13. The van der Waals surface area contributed by atoms with Crippen LogP contribution in [0.2, 0.25) is 0 Å². The Balaban J connectivity index is 1.89. The van der Waals surface area contributed by atoms with Crippen LogP contribution in [0.25, 0.3) is 0 Å². The molecule has 0 spiro atoms. The monoisotopic (exact) mass is 264 g/mol. The molecule has 2 aliphatic heterocycles. The third kappa shape index (κ3) is 2.13. The van der Waals surface area contributed by atoms with E-state index in [0.717, 1.165) is 18.4 Å². The van der Waals surface area contributed by atoms with Crippen molar-refractivity contribution in [3.8, 4) is 0 Å². The van der Waals surface area contributed by atoms with Crippen molar-refractivity contribution in [2.75, 3.05) is 0 Å². The molecular formula is C15H20O4. The van der Waals surface area contributed by atoms with Gasteiger partial charge in [-0.25, -0.2) is 4.79 Å². The van der Waals surface area contributed by atoms with E-state index in [-0.39, 0.29) is 29.7 Å². The van der Waals surface area contributed by atoms with Crippen LogP contribution in [0.4, 0.5) is 0 Å². The van der Waals surface area contributed by atoms with Crippen LogP contribution in [0.15, 0.2) is 23.8 Å². The molecule has 1 N–H and O–H groups in total. The summed E-state index contributed by atoms with van der Waals surface area (Å²) in [5.41, 5.74) is 1.23. The number of fused-ring (bicyclic) bond motifs is 2. The highest BCUT2D eigenvalue weighted by atomic mass is 16.6. The van der Waals surface area contributed by atoms with Crippen LogP contribution in [0.3, 0.4) is 0 Å². The quantitative estimate of drug-likeness (QED) is 0.313. The number of hydrogen-bond donors (Lipinski definition) is 1. The Bertz CT molecular complexity index is 467. The Kier molecular flexibility index (Phi) is 2.84. The number of esters is 1. The normalized spacial score (nSPS) is 48.7. The van der Waals surface area contributed by atoms with E-state index >= 15 is 0 Å². The second-order valence-electron chi connectivity index (χ2n) is 6.12. The number of carbonyl (C=O) groups is 1. The number of epoxide rings is 1. The van der Waals surface area contributed by atoms with Gasteiger partial charge < -0.3 is 14.6 Å². The highest BCUT2D eigenvalue weighted by Crippen LogP contribution is 2.46. The zero-order valence-electron chi connectivity index (χ0n) is 11.4. The van der Waals surface area contributed by atoms with Gasteiger partial charge in [-0.05, 0) is 38.3 Å². The largest absolute Gasteiger partial charge is 0.454 e. The summed E-state index contributed by atoms with van der Waals surface area (Å²) in [5.74, 6) is -0.305. The first-order chi connectivity index (χ1) is 8.90. The standard InChI is InChI=1S/C15H20O4/c1-8-6-12-10(9(2)14(17)18-12)4-5-15(3)13(19-15)7-11(8)16/h6,10-13,16H,2,4-5,7H2,1,3H3/b8-6-/t10-,11-,12-,13+,15+/m0/s1. The molecule has 0 unspecified atom stereocenters. The van der Waals surface area contributed by atoms with Crippen molar-refractivity contribution in [3.63, 3.8) is 0 Å². The third-order valence-electron chi connectivity index (χ3n) is 4.73. The highest BCUT2D eigenvalue weighted by Gasteiger charge is 2.53. The maximum absolute atomic E-state index is 11.7. The minimum atomic E-state index is -0.529. The predicted molar refractivity (Wildman–Crippen MR) is 69.4 cm³/mol.